The van der Waals surface area contributed by atoms with Crippen LogP contribution in [0.4, 0.5) is 15.8 Å². The molecule has 5 rings (SSSR count). The molecule has 0 atom stereocenters. The van der Waals surface area contributed by atoms with Gasteiger partial charge in [0.05, 0.1) is 0 Å². The molecule has 0 aromatic heterocycles. The number of nitrogens with zero attached hydrogens (tertiary/aromatic N) is 2. The highest BCUT2D eigenvalue weighted by Crippen LogP contribution is 2.22. The fraction of sp³-hybridized carbons (Fsp3) is 0.194. The van der Waals surface area contributed by atoms with E-state index in [0.717, 1.165) is 55.2 Å². The first kappa shape index (κ1) is 24.5. The summed E-state index contributed by atoms with van der Waals surface area (Å²) >= 11 is 0. The molecule has 0 saturated carbocycles. The van der Waals surface area contributed by atoms with Crippen molar-refractivity contribution in [3.8, 4) is 5.75 Å². The Morgan fingerprint density at radius 3 is 2.24 bits per heavy atom. The van der Waals surface area contributed by atoms with Gasteiger partial charge in [-0.25, -0.2) is 4.39 Å². The molecule has 1 heterocycles. The number of hydrogen-bond acceptors (Lipinski definition) is 4. The predicted molar refractivity (Wildman–Crippen MR) is 146 cm³/mol. The maximum atomic E-state index is 13.1. The van der Waals surface area contributed by atoms with Gasteiger partial charge in [0.1, 0.15) is 18.2 Å². The summed E-state index contributed by atoms with van der Waals surface area (Å²) in [6, 6.07) is 31.9. The van der Waals surface area contributed by atoms with Crippen molar-refractivity contribution < 1.29 is 13.9 Å². The van der Waals surface area contributed by atoms with Crippen molar-refractivity contribution in [2.75, 3.05) is 36.4 Å². The molecular formula is C31H30FN3O2. The Hall–Kier alpha value is -4.16. The summed E-state index contributed by atoms with van der Waals surface area (Å²) in [5, 5.41) is 2.98. The Balaban J connectivity index is 1.12. The van der Waals surface area contributed by atoms with Crippen molar-refractivity contribution in [2.45, 2.75) is 13.2 Å². The molecule has 4 aromatic rings. The van der Waals surface area contributed by atoms with E-state index in [9.17, 15) is 9.18 Å². The molecule has 188 valence electrons. The normalized spacial score (nSPS) is 13.8. The molecule has 1 fully saturated rings. The van der Waals surface area contributed by atoms with Gasteiger partial charge >= 0.3 is 0 Å². The van der Waals surface area contributed by atoms with Gasteiger partial charge in [0, 0.05) is 49.7 Å². The van der Waals surface area contributed by atoms with E-state index in [2.05, 4.69) is 15.1 Å². The average molecular weight is 496 g/mol. The molecule has 1 aliphatic heterocycles. The largest absolute Gasteiger partial charge is 0.489 e. The Morgan fingerprint density at radius 1 is 0.784 bits per heavy atom. The van der Waals surface area contributed by atoms with Gasteiger partial charge < -0.3 is 15.0 Å². The van der Waals surface area contributed by atoms with Gasteiger partial charge in [-0.05, 0) is 65.7 Å². The third-order valence-electron chi connectivity index (χ3n) is 6.53. The minimum Gasteiger partial charge on any atom is -0.489 e. The average Bonchev–Trinajstić information content (AvgIpc) is 2.95. The van der Waals surface area contributed by atoms with Gasteiger partial charge in [-0.1, -0.05) is 48.5 Å². The molecule has 0 spiro atoms. The van der Waals surface area contributed by atoms with Crippen molar-refractivity contribution in [3.63, 3.8) is 0 Å². The lowest BCUT2D eigenvalue weighted by Gasteiger charge is -2.36. The monoisotopic (exact) mass is 495 g/mol. The van der Waals surface area contributed by atoms with Crippen molar-refractivity contribution in [1.82, 2.24) is 4.90 Å². The molecule has 1 amide bonds. The van der Waals surface area contributed by atoms with Gasteiger partial charge in [-0.3, -0.25) is 9.69 Å². The smallest absolute Gasteiger partial charge is 0.255 e. The molecule has 1 aliphatic rings. The van der Waals surface area contributed by atoms with Crippen LogP contribution in [0.15, 0.2) is 103 Å². The Bertz CT molecular complexity index is 1300. The first-order valence-electron chi connectivity index (χ1n) is 12.5. The van der Waals surface area contributed by atoms with Crippen LogP contribution in [0, 0.1) is 5.82 Å². The van der Waals surface area contributed by atoms with E-state index in [1.807, 2.05) is 78.9 Å². The van der Waals surface area contributed by atoms with Gasteiger partial charge in [0.2, 0.25) is 0 Å². The third kappa shape index (κ3) is 6.74. The van der Waals surface area contributed by atoms with Crippen LogP contribution in [-0.2, 0) is 13.2 Å². The van der Waals surface area contributed by atoms with Crippen molar-refractivity contribution in [1.29, 1.82) is 0 Å². The number of hydrogen-bond donors (Lipinski definition) is 1. The van der Waals surface area contributed by atoms with Crippen LogP contribution in [0.25, 0.3) is 0 Å². The SMILES string of the molecule is O=C(Nc1ccc(N2CCN(Cc3ccc(F)cc3)CC2)cc1)c1cccc(OCc2ccccc2)c1. The summed E-state index contributed by atoms with van der Waals surface area (Å²) in [4.78, 5) is 17.6. The van der Waals surface area contributed by atoms with Crippen LogP contribution in [0.1, 0.15) is 21.5 Å². The van der Waals surface area contributed by atoms with Crippen LogP contribution in [0.5, 0.6) is 5.75 Å². The van der Waals surface area contributed by atoms with Crippen LogP contribution < -0.4 is 15.0 Å². The van der Waals surface area contributed by atoms with Gasteiger partial charge in [-0.15, -0.1) is 0 Å². The first-order chi connectivity index (χ1) is 18.1. The maximum Gasteiger partial charge on any atom is 0.255 e. The van der Waals surface area contributed by atoms with Gasteiger partial charge in [-0.2, -0.15) is 0 Å². The molecule has 0 aliphatic carbocycles. The molecule has 0 radical (unpaired) electrons. The fourth-order valence-electron chi connectivity index (χ4n) is 4.44. The van der Waals surface area contributed by atoms with E-state index in [4.69, 9.17) is 4.74 Å². The van der Waals surface area contributed by atoms with E-state index in [-0.39, 0.29) is 11.7 Å². The summed E-state index contributed by atoms with van der Waals surface area (Å²) in [5.41, 5.74) is 4.64. The lowest BCUT2D eigenvalue weighted by molar-refractivity contribution is 0.102. The minimum atomic E-state index is -0.199. The number of rotatable bonds is 8. The highest BCUT2D eigenvalue weighted by molar-refractivity contribution is 6.04. The standard InChI is InChI=1S/C31H30FN3O2/c32-27-11-9-24(10-12-27)22-34-17-19-35(20-18-34)29-15-13-28(14-16-29)33-31(36)26-7-4-8-30(21-26)37-23-25-5-2-1-3-6-25/h1-16,21H,17-20,22-23H2,(H,33,36). The Labute approximate surface area is 217 Å². The minimum absolute atomic E-state index is 0.174. The number of piperazine rings is 1. The molecule has 0 unspecified atom stereocenters. The third-order valence-corrected chi connectivity index (χ3v) is 6.53. The van der Waals surface area contributed by atoms with Crippen molar-refractivity contribution >= 4 is 17.3 Å². The molecule has 0 bridgehead atoms. The van der Waals surface area contributed by atoms with Crippen molar-refractivity contribution in [3.05, 3.63) is 126 Å². The Morgan fingerprint density at radius 2 is 1.51 bits per heavy atom. The van der Waals surface area contributed by atoms with E-state index >= 15 is 0 Å². The van der Waals surface area contributed by atoms with E-state index in [1.165, 1.54) is 12.1 Å². The van der Waals surface area contributed by atoms with E-state index in [0.29, 0.717) is 17.9 Å². The maximum absolute atomic E-state index is 13.1. The molecular weight excluding hydrogens is 465 g/mol. The molecule has 1 saturated heterocycles. The predicted octanol–water partition coefficient (Wildman–Crippen LogP) is 5.98. The second kappa shape index (κ2) is 11.7. The molecule has 6 heteroatoms. The van der Waals surface area contributed by atoms with Crippen molar-refractivity contribution in [2.24, 2.45) is 0 Å². The summed E-state index contributed by atoms with van der Waals surface area (Å²) in [6.45, 7) is 5.01. The summed E-state index contributed by atoms with van der Waals surface area (Å²) in [5.74, 6) is 0.285. The molecule has 1 N–H and O–H groups in total. The second-order valence-corrected chi connectivity index (χ2v) is 9.19. The number of halogens is 1. The number of carbonyl (C=O) groups excluding carboxylic acids is 1. The number of carbonyl (C=O) groups is 1. The zero-order chi connectivity index (χ0) is 25.5. The summed E-state index contributed by atoms with van der Waals surface area (Å²) < 4.78 is 19.0. The van der Waals surface area contributed by atoms with Crippen LogP contribution in [0.3, 0.4) is 0 Å². The summed E-state index contributed by atoms with van der Waals surface area (Å²) in [7, 11) is 0. The molecule has 4 aromatic carbocycles. The zero-order valence-electron chi connectivity index (χ0n) is 20.6. The topological polar surface area (TPSA) is 44.8 Å². The highest BCUT2D eigenvalue weighted by atomic mass is 19.1. The van der Waals surface area contributed by atoms with Crippen LogP contribution in [0.2, 0.25) is 0 Å². The molecule has 5 nitrogen and oxygen atoms in total. The first-order valence-corrected chi connectivity index (χ1v) is 12.5. The van der Waals surface area contributed by atoms with Crippen LogP contribution in [-0.4, -0.2) is 37.0 Å². The van der Waals surface area contributed by atoms with Gasteiger partial charge in [0.25, 0.3) is 5.91 Å². The van der Waals surface area contributed by atoms with Crippen LogP contribution >= 0.6 is 0 Å². The summed E-state index contributed by atoms with van der Waals surface area (Å²) in [6.07, 6.45) is 0. The number of benzene rings is 4. The highest BCUT2D eigenvalue weighted by Gasteiger charge is 2.17. The number of anilines is 2. The zero-order valence-corrected chi connectivity index (χ0v) is 20.6. The van der Waals surface area contributed by atoms with E-state index < -0.39 is 0 Å². The number of nitrogens with one attached hydrogen (secondary N) is 1. The number of ether oxygens (including phenoxy) is 1. The number of amides is 1. The quantitative estimate of drug-likeness (QED) is 0.327. The van der Waals surface area contributed by atoms with E-state index in [1.54, 1.807) is 12.1 Å². The molecule has 37 heavy (non-hydrogen) atoms. The lowest BCUT2D eigenvalue weighted by atomic mass is 10.1. The Kier molecular flexibility index (Phi) is 7.77. The fourth-order valence-corrected chi connectivity index (χ4v) is 4.44. The van der Waals surface area contributed by atoms with Gasteiger partial charge in [0.15, 0.2) is 0 Å². The lowest BCUT2D eigenvalue weighted by Crippen LogP contribution is -2.45. The second-order valence-electron chi connectivity index (χ2n) is 9.19.